The molecule has 0 aliphatic rings. The quantitative estimate of drug-likeness (QED) is 0.427. The lowest BCUT2D eigenvalue weighted by atomic mass is 9.86. The molecular formula is C15H28NO6P. The van der Waals surface area contributed by atoms with E-state index in [2.05, 4.69) is 20.8 Å². The van der Waals surface area contributed by atoms with E-state index in [0.717, 1.165) is 11.1 Å². The van der Waals surface area contributed by atoms with Crippen molar-refractivity contribution in [1.29, 1.82) is 0 Å². The number of rotatable bonds is 5. The second-order valence-electron chi connectivity index (χ2n) is 6.43. The van der Waals surface area contributed by atoms with Crippen LogP contribution in [0.4, 0.5) is 0 Å². The molecule has 0 fully saturated rings. The summed E-state index contributed by atoms with van der Waals surface area (Å²) >= 11 is 0. The van der Waals surface area contributed by atoms with E-state index in [9.17, 15) is 0 Å². The van der Waals surface area contributed by atoms with Crippen molar-refractivity contribution in [2.24, 2.45) is 5.73 Å². The number of nitrogens with two attached hydrogens (primary N) is 1. The molecule has 8 heteroatoms. The second-order valence-corrected chi connectivity index (χ2v) is 7.12. The molecule has 23 heavy (non-hydrogen) atoms. The molecule has 0 heterocycles. The van der Waals surface area contributed by atoms with Gasteiger partial charge in [0.2, 0.25) is 0 Å². The largest absolute Gasteiger partial charge is 0.427 e. The van der Waals surface area contributed by atoms with Gasteiger partial charge >= 0.3 is 8.60 Å². The lowest BCUT2D eigenvalue weighted by molar-refractivity contribution is 0.0697. The summed E-state index contributed by atoms with van der Waals surface area (Å²) in [5, 5.41) is 25.0. The third-order valence-corrected chi connectivity index (χ3v) is 3.43. The van der Waals surface area contributed by atoms with Crippen LogP contribution < -0.4 is 10.3 Å². The smallest absolute Gasteiger partial charge is 0.391 e. The number of hydrogen-bond acceptors (Lipinski definition) is 7. The number of benzene rings is 1. The van der Waals surface area contributed by atoms with Crippen LogP contribution in [0.15, 0.2) is 18.2 Å². The summed E-state index contributed by atoms with van der Waals surface area (Å²) in [6, 6.07) is 5.77. The molecule has 0 aliphatic carbocycles. The van der Waals surface area contributed by atoms with Gasteiger partial charge in [0.15, 0.2) is 0 Å². The van der Waals surface area contributed by atoms with Crippen molar-refractivity contribution in [3.8, 4) is 5.75 Å². The SMILES string of the molecule is Cc1ccc(C(C)(C)C)c(OP(O)O)c1.NC(CO)(CO)CO. The Morgan fingerprint density at radius 2 is 1.52 bits per heavy atom. The van der Waals surface area contributed by atoms with Crippen molar-refractivity contribution >= 4 is 8.60 Å². The minimum Gasteiger partial charge on any atom is -0.427 e. The zero-order chi connectivity index (χ0) is 18.3. The predicted molar refractivity (Wildman–Crippen MR) is 90.0 cm³/mol. The van der Waals surface area contributed by atoms with E-state index in [-0.39, 0.29) is 5.41 Å². The fourth-order valence-corrected chi connectivity index (χ4v) is 1.89. The van der Waals surface area contributed by atoms with E-state index in [1.165, 1.54) is 0 Å². The fraction of sp³-hybridized carbons (Fsp3) is 0.600. The topological polar surface area (TPSA) is 136 Å². The van der Waals surface area contributed by atoms with Crippen molar-refractivity contribution in [2.45, 2.75) is 38.6 Å². The van der Waals surface area contributed by atoms with Crippen LogP contribution in [0.25, 0.3) is 0 Å². The first-order valence-electron chi connectivity index (χ1n) is 7.07. The van der Waals surface area contributed by atoms with Crippen molar-refractivity contribution < 1.29 is 29.6 Å². The summed E-state index contributed by atoms with van der Waals surface area (Å²) in [7, 11) is -2.35. The number of hydrogen-bond donors (Lipinski definition) is 6. The highest BCUT2D eigenvalue weighted by molar-refractivity contribution is 7.39. The summed E-state index contributed by atoms with van der Waals surface area (Å²) in [6.07, 6.45) is 0. The lowest BCUT2D eigenvalue weighted by Gasteiger charge is -2.23. The lowest BCUT2D eigenvalue weighted by Crippen LogP contribution is -2.50. The molecule has 0 bridgehead atoms. The Morgan fingerprint density at radius 1 is 1.04 bits per heavy atom. The summed E-state index contributed by atoms with van der Waals surface area (Å²) in [4.78, 5) is 17.8. The van der Waals surface area contributed by atoms with Crippen LogP contribution in [0.1, 0.15) is 31.9 Å². The molecule has 7 N–H and O–H groups in total. The highest BCUT2D eigenvalue weighted by Gasteiger charge is 2.21. The Bertz CT molecular complexity index is 463. The molecule has 0 aliphatic heterocycles. The number of aryl methyl sites for hydroxylation is 1. The average molecular weight is 349 g/mol. The molecule has 1 rings (SSSR count). The summed E-state index contributed by atoms with van der Waals surface area (Å²) in [5.41, 5.74) is 5.88. The molecule has 1 aromatic carbocycles. The maximum atomic E-state index is 8.89. The van der Waals surface area contributed by atoms with Gasteiger partial charge in [0.05, 0.1) is 25.4 Å². The first-order chi connectivity index (χ1) is 10.5. The van der Waals surface area contributed by atoms with Crippen LogP contribution in [0, 0.1) is 6.92 Å². The van der Waals surface area contributed by atoms with Gasteiger partial charge in [-0.15, -0.1) is 0 Å². The minimum atomic E-state index is -2.35. The van der Waals surface area contributed by atoms with Crippen LogP contribution >= 0.6 is 8.60 Å². The van der Waals surface area contributed by atoms with Gasteiger partial charge in [-0.2, -0.15) is 0 Å². The van der Waals surface area contributed by atoms with Crippen LogP contribution in [0.5, 0.6) is 5.75 Å². The van der Waals surface area contributed by atoms with Gasteiger partial charge in [0.25, 0.3) is 0 Å². The minimum absolute atomic E-state index is 0.0750. The average Bonchev–Trinajstić information content (AvgIpc) is 2.45. The maximum Gasteiger partial charge on any atom is 0.391 e. The van der Waals surface area contributed by atoms with E-state index in [4.69, 9.17) is 35.4 Å². The summed E-state index contributed by atoms with van der Waals surface area (Å²) in [5.74, 6) is 0.554. The maximum absolute atomic E-state index is 8.89. The Labute approximate surface area is 138 Å². The Balaban J connectivity index is 0.000000515. The van der Waals surface area contributed by atoms with Crippen LogP contribution in [-0.4, -0.2) is 50.5 Å². The van der Waals surface area contributed by atoms with Gasteiger partial charge in [0, 0.05) is 5.56 Å². The third-order valence-electron chi connectivity index (χ3n) is 3.07. The predicted octanol–water partition coefficient (Wildman–Crippen LogP) is 0.544. The zero-order valence-electron chi connectivity index (χ0n) is 14.0. The molecule has 0 radical (unpaired) electrons. The molecular weight excluding hydrogens is 321 g/mol. The first-order valence-corrected chi connectivity index (χ1v) is 8.24. The molecule has 0 amide bonds. The van der Waals surface area contributed by atoms with E-state index < -0.39 is 34.0 Å². The Kier molecular flexibility index (Phi) is 9.17. The van der Waals surface area contributed by atoms with E-state index in [1.807, 2.05) is 25.1 Å². The molecule has 0 saturated carbocycles. The van der Waals surface area contributed by atoms with Crippen LogP contribution in [0.3, 0.4) is 0 Å². The molecule has 1 aromatic rings. The van der Waals surface area contributed by atoms with Gasteiger partial charge in [-0.05, 0) is 24.0 Å². The molecule has 0 atom stereocenters. The summed E-state index contributed by atoms with van der Waals surface area (Å²) < 4.78 is 5.03. The molecule has 0 saturated heterocycles. The third kappa shape index (κ3) is 8.04. The standard InChI is InChI=1S/C11H17O3P.C4H11NO3/c1-8-5-6-9(11(2,3)4)10(7-8)14-15(12)13;5-4(1-6,2-7)3-8/h5-7,12-13H,1-4H3;6-8H,1-3,5H2. The van der Waals surface area contributed by atoms with Gasteiger partial charge in [-0.1, -0.05) is 32.9 Å². The fourth-order valence-electron chi connectivity index (χ4n) is 1.56. The van der Waals surface area contributed by atoms with Crippen molar-refractivity contribution in [1.82, 2.24) is 0 Å². The first kappa shape index (κ1) is 22.2. The molecule has 134 valence electrons. The number of aliphatic hydroxyl groups excluding tert-OH is 3. The highest BCUT2D eigenvalue weighted by Crippen LogP contribution is 2.37. The Hall–Kier alpha value is -0.790. The van der Waals surface area contributed by atoms with Crippen molar-refractivity contribution in [3.05, 3.63) is 29.3 Å². The van der Waals surface area contributed by atoms with Crippen molar-refractivity contribution in [3.63, 3.8) is 0 Å². The van der Waals surface area contributed by atoms with Crippen molar-refractivity contribution in [2.75, 3.05) is 19.8 Å². The zero-order valence-corrected chi connectivity index (χ0v) is 14.9. The molecule has 0 aromatic heterocycles. The second kappa shape index (κ2) is 9.49. The monoisotopic (exact) mass is 349 g/mol. The number of aliphatic hydroxyl groups is 3. The molecule has 0 unspecified atom stereocenters. The van der Waals surface area contributed by atoms with Crippen LogP contribution in [-0.2, 0) is 5.41 Å². The summed E-state index contributed by atoms with van der Waals surface area (Å²) in [6.45, 7) is 6.90. The van der Waals surface area contributed by atoms with E-state index in [0.29, 0.717) is 5.75 Å². The van der Waals surface area contributed by atoms with Crippen LogP contribution in [0.2, 0.25) is 0 Å². The van der Waals surface area contributed by atoms with Gasteiger partial charge in [-0.3, -0.25) is 0 Å². The molecule has 7 nitrogen and oxygen atoms in total. The Morgan fingerprint density at radius 3 is 1.83 bits per heavy atom. The highest BCUT2D eigenvalue weighted by atomic mass is 31.2. The normalized spacial score (nSPS) is 12.0. The van der Waals surface area contributed by atoms with Gasteiger partial charge in [0.1, 0.15) is 5.75 Å². The molecule has 0 spiro atoms. The van der Waals surface area contributed by atoms with Gasteiger partial charge < -0.3 is 35.4 Å². The van der Waals surface area contributed by atoms with E-state index >= 15 is 0 Å². The van der Waals surface area contributed by atoms with E-state index in [1.54, 1.807) is 0 Å². The van der Waals surface area contributed by atoms with Gasteiger partial charge in [-0.25, -0.2) is 0 Å².